The summed E-state index contributed by atoms with van der Waals surface area (Å²) in [5.74, 6) is -0.966. The van der Waals surface area contributed by atoms with E-state index in [4.69, 9.17) is 0 Å². The number of aliphatic carboxylic acids is 1. The number of rotatable bonds is 5. The second kappa shape index (κ2) is 6.91. The van der Waals surface area contributed by atoms with Gasteiger partial charge in [0.25, 0.3) is 0 Å². The molecule has 116 valence electrons. The summed E-state index contributed by atoms with van der Waals surface area (Å²) < 4.78 is 0. The Morgan fingerprint density at radius 3 is 3.00 bits per heavy atom. The van der Waals surface area contributed by atoms with Crippen molar-refractivity contribution in [2.45, 2.75) is 18.9 Å². The standard InChI is InChI=1S/C14H21N3O3S/c1-15-6-3-7-16(2)14(20)17-8-4-11-10(5-9-21-11)12(17)13(18)19/h5,9,12,15H,3-4,6-8H2,1-2H3,(H,18,19). The normalized spacial score (nSPS) is 17.4. The second-order valence-electron chi connectivity index (χ2n) is 5.14. The van der Waals surface area contributed by atoms with E-state index in [-0.39, 0.29) is 6.03 Å². The van der Waals surface area contributed by atoms with Crippen LogP contribution in [0.15, 0.2) is 11.4 Å². The Balaban J connectivity index is 2.11. The van der Waals surface area contributed by atoms with Crippen LogP contribution in [0.1, 0.15) is 22.9 Å². The largest absolute Gasteiger partial charge is 0.479 e. The van der Waals surface area contributed by atoms with Crippen LogP contribution in [0.5, 0.6) is 0 Å². The minimum absolute atomic E-state index is 0.213. The highest BCUT2D eigenvalue weighted by molar-refractivity contribution is 7.10. The summed E-state index contributed by atoms with van der Waals surface area (Å²) >= 11 is 1.56. The predicted molar refractivity (Wildman–Crippen MR) is 81.7 cm³/mol. The lowest BCUT2D eigenvalue weighted by Gasteiger charge is -2.35. The zero-order chi connectivity index (χ0) is 15.4. The molecule has 1 unspecified atom stereocenters. The molecule has 2 rings (SSSR count). The minimum Gasteiger partial charge on any atom is -0.479 e. The third-order valence-corrected chi connectivity index (χ3v) is 4.69. The molecule has 0 aliphatic carbocycles. The average Bonchev–Trinajstić information content (AvgIpc) is 2.93. The second-order valence-corrected chi connectivity index (χ2v) is 6.15. The number of carbonyl (C=O) groups excluding carboxylic acids is 1. The van der Waals surface area contributed by atoms with Crippen molar-refractivity contribution in [1.82, 2.24) is 15.1 Å². The van der Waals surface area contributed by atoms with E-state index in [1.165, 1.54) is 4.90 Å². The van der Waals surface area contributed by atoms with Gasteiger partial charge in [0.15, 0.2) is 6.04 Å². The van der Waals surface area contributed by atoms with Gasteiger partial charge in [-0.1, -0.05) is 0 Å². The van der Waals surface area contributed by atoms with E-state index in [0.29, 0.717) is 13.1 Å². The monoisotopic (exact) mass is 311 g/mol. The molecule has 2 amide bonds. The topological polar surface area (TPSA) is 72.9 Å². The molecule has 7 heteroatoms. The summed E-state index contributed by atoms with van der Waals surface area (Å²) in [7, 11) is 3.59. The van der Waals surface area contributed by atoms with Crippen molar-refractivity contribution in [3.63, 3.8) is 0 Å². The lowest BCUT2D eigenvalue weighted by Crippen LogP contribution is -2.48. The molecule has 0 bridgehead atoms. The first-order chi connectivity index (χ1) is 10.1. The van der Waals surface area contributed by atoms with Crippen molar-refractivity contribution in [2.75, 3.05) is 33.7 Å². The number of hydrogen-bond donors (Lipinski definition) is 2. The van der Waals surface area contributed by atoms with E-state index in [1.807, 2.05) is 18.5 Å². The highest BCUT2D eigenvalue weighted by atomic mass is 32.1. The average molecular weight is 311 g/mol. The Morgan fingerprint density at radius 1 is 1.57 bits per heavy atom. The zero-order valence-corrected chi connectivity index (χ0v) is 13.2. The van der Waals surface area contributed by atoms with Crippen LogP contribution in [0.25, 0.3) is 0 Å². The van der Waals surface area contributed by atoms with Crippen LogP contribution in [0.4, 0.5) is 4.79 Å². The van der Waals surface area contributed by atoms with Crippen molar-refractivity contribution in [3.05, 3.63) is 21.9 Å². The Bertz CT molecular complexity index is 517. The number of hydrogen-bond acceptors (Lipinski definition) is 4. The van der Waals surface area contributed by atoms with Crippen LogP contribution in [0, 0.1) is 0 Å². The van der Waals surface area contributed by atoms with Crippen LogP contribution in [0.2, 0.25) is 0 Å². The van der Waals surface area contributed by atoms with E-state index in [2.05, 4.69) is 5.32 Å². The van der Waals surface area contributed by atoms with Gasteiger partial charge in [-0.2, -0.15) is 0 Å². The first kappa shape index (κ1) is 15.8. The number of urea groups is 1. The van der Waals surface area contributed by atoms with Gasteiger partial charge in [0.1, 0.15) is 0 Å². The molecule has 0 fully saturated rings. The summed E-state index contributed by atoms with van der Waals surface area (Å²) in [6, 6.07) is 0.744. The summed E-state index contributed by atoms with van der Waals surface area (Å²) in [6.45, 7) is 1.90. The molecule has 2 heterocycles. The predicted octanol–water partition coefficient (Wildman–Crippen LogP) is 1.39. The first-order valence-electron chi connectivity index (χ1n) is 7.01. The van der Waals surface area contributed by atoms with Crippen LogP contribution in [-0.2, 0) is 11.2 Å². The Morgan fingerprint density at radius 2 is 2.33 bits per heavy atom. The molecule has 0 aromatic carbocycles. The van der Waals surface area contributed by atoms with Crippen LogP contribution < -0.4 is 5.32 Å². The maximum atomic E-state index is 12.5. The van der Waals surface area contributed by atoms with Gasteiger partial charge < -0.3 is 20.2 Å². The lowest BCUT2D eigenvalue weighted by molar-refractivity contribution is -0.143. The number of amides is 2. The third kappa shape index (κ3) is 3.36. The van der Waals surface area contributed by atoms with E-state index in [1.54, 1.807) is 23.3 Å². The number of carboxylic acid groups (broad SMARTS) is 1. The van der Waals surface area contributed by atoms with Crippen LogP contribution >= 0.6 is 11.3 Å². The molecule has 0 saturated heterocycles. The maximum Gasteiger partial charge on any atom is 0.331 e. The molecule has 0 saturated carbocycles. The fourth-order valence-corrected chi connectivity index (χ4v) is 3.50. The van der Waals surface area contributed by atoms with Gasteiger partial charge in [-0.15, -0.1) is 11.3 Å². The van der Waals surface area contributed by atoms with Gasteiger partial charge in [0, 0.05) is 25.0 Å². The number of carboxylic acids is 1. The molecule has 1 aromatic heterocycles. The number of thiophene rings is 1. The van der Waals surface area contributed by atoms with Gasteiger partial charge >= 0.3 is 12.0 Å². The Labute approximate surface area is 128 Å². The number of carbonyl (C=O) groups is 2. The van der Waals surface area contributed by atoms with Gasteiger partial charge in [-0.25, -0.2) is 9.59 Å². The van der Waals surface area contributed by atoms with E-state index >= 15 is 0 Å². The Kier molecular flexibility index (Phi) is 5.19. The maximum absolute atomic E-state index is 12.5. The molecule has 0 radical (unpaired) electrons. The molecule has 6 nitrogen and oxygen atoms in total. The molecule has 1 atom stereocenters. The smallest absolute Gasteiger partial charge is 0.331 e. The third-order valence-electron chi connectivity index (χ3n) is 3.69. The van der Waals surface area contributed by atoms with Gasteiger partial charge in [-0.05, 0) is 43.4 Å². The molecule has 21 heavy (non-hydrogen) atoms. The van der Waals surface area contributed by atoms with E-state index in [0.717, 1.165) is 29.8 Å². The molecular formula is C14H21N3O3S. The van der Waals surface area contributed by atoms with Crippen molar-refractivity contribution in [1.29, 1.82) is 0 Å². The van der Waals surface area contributed by atoms with E-state index in [9.17, 15) is 14.7 Å². The summed E-state index contributed by atoms with van der Waals surface area (Å²) in [4.78, 5) is 28.2. The highest BCUT2D eigenvalue weighted by Crippen LogP contribution is 2.33. The quantitative estimate of drug-likeness (QED) is 0.806. The lowest BCUT2D eigenvalue weighted by atomic mass is 10.0. The van der Waals surface area contributed by atoms with Gasteiger partial charge in [0.05, 0.1) is 0 Å². The van der Waals surface area contributed by atoms with Crippen LogP contribution in [-0.4, -0.2) is 60.6 Å². The van der Waals surface area contributed by atoms with E-state index < -0.39 is 12.0 Å². The Hall–Kier alpha value is -1.60. The van der Waals surface area contributed by atoms with Gasteiger partial charge in [-0.3, -0.25) is 0 Å². The fourth-order valence-electron chi connectivity index (χ4n) is 2.60. The van der Waals surface area contributed by atoms with Crippen molar-refractivity contribution >= 4 is 23.3 Å². The molecule has 2 N–H and O–H groups in total. The molecular weight excluding hydrogens is 290 g/mol. The molecule has 1 aliphatic heterocycles. The summed E-state index contributed by atoms with van der Waals surface area (Å²) in [5.41, 5.74) is 0.760. The molecule has 0 spiro atoms. The fraction of sp³-hybridized carbons (Fsp3) is 0.571. The molecule has 1 aliphatic rings. The number of nitrogens with one attached hydrogen (secondary N) is 1. The van der Waals surface area contributed by atoms with Crippen molar-refractivity contribution in [2.24, 2.45) is 0 Å². The summed E-state index contributed by atoms with van der Waals surface area (Å²) in [6.07, 6.45) is 1.57. The van der Waals surface area contributed by atoms with Crippen LogP contribution in [0.3, 0.4) is 0 Å². The summed E-state index contributed by atoms with van der Waals surface area (Å²) in [5, 5.41) is 14.4. The van der Waals surface area contributed by atoms with Crippen molar-refractivity contribution < 1.29 is 14.7 Å². The minimum atomic E-state index is -0.966. The number of nitrogens with zero attached hydrogens (tertiary/aromatic N) is 2. The molecule has 1 aromatic rings. The SMILES string of the molecule is CNCCCN(C)C(=O)N1CCc2sccc2C1C(=O)O. The number of fused-ring (bicyclic) bond motifs is 1. The first-order valence-corrected chi connectivity index (χ1v) is 7.89. The highest BCUT2D eigenvalue weighted by Gasteiger charge is 2.37. The van der Waals surface area contributed by atoms with Gasteiger partial charge in [0.2, 0.25) is 0 Å². The zero-order valence-electron chi connectivity index (χ0n) is 12.3. The van der Waals surface area contributed by atoms with Crippen molar-refractivity contribution in [3.8, 4) is 0 Å².